The summed E-state index contributed by atoms with van der Waals surface area (Å²) in [7, 11) is 0. The Balaban J connectivity index is -0.000000233. The first-order valence-corrected chi connectivity index (χ1v) is 5.91. The smallest absolute Gasteiger partial charge is 1.00 e. The molecule has 0 saturated carbocycles. The van der Waals surface area contributed by atoms with Crippen molar-refractivity contribution in [1.29, 1.82) is 0 Å². The van der Waals surface area contributed by atoms with Crippen LogP contribution in [0, 0.1) is 12.2 Å². The van der Waals surface area contributed by atoms with E-state index >= 15 is 0 Å². The quantitative estimate of drug-likeness (QED) is 0.401. The molecule has 0 unspecified atom stereocenters. The third kappa shape index (κ3) is 8.63. The van der Waals surface area contributed by atoms with Crippen molar-refractivity contribution in [3.05, 3.63) is 45.6 Å². The number of hydrogen-bond acceptors (Lipinski definition) is 0. The van der Waals surface area contributed by atoms with Crippen molar-refractivity contribution < 1.29 is 60.2 Å². The van der Waals surface area contributed by atoms with E-state index in [0.29, 0.717) is 0 Å². The maximum absolute atomic E-state index is 3.26. The van der Waals surface area contributed by atoms with Crippen molar-refractivity contribution in [2.75, 3.05) is 0 Å². The molecule has 0 saturated heterocycles. The van der Waals surface area contributed by atoms with Crippen LogP contribution in [0.25, 0.3) is 0 Å². The molecule has 0 atom stereocenters. The van der Waals surface area contributed by atoms with E-state index in [-0.39, 0.29) is 60.2 Å². The Hall–Kier alpha value is 0.803. The second-order valence-corrected chi connectivity index (χ2v) is 4.97. The first-order valence-electron chi connectivity index (χ1n) is 5.91. The molecule has 0 heterocycles. The standard InChI is InChI=1S/2C8H11.2BrH.Zr/c2*1-6-4-7(2)8(3)5-6;;;/h2*4H2,1-3H3;2*1H;/q2*-1;;;+4/p-2. The Morgan fingerprint density at radius 1 is 0.632 bits per heavy atom. The summed E-state index contributed by atoms with van der Waals surface area (Å²) < 4.78 is 0. The van der Waals surface area contributed by atoms with Crippen LogP contribution in [-0.2, 0) is 26.2 Å². The van der Waals surface area contributed by atoms with Gasteiger partial charge in [0, 0.05) is 0 Å². The molecule has 104 valence electrons. The molecule has 0 aromatic rings. The summed E-state index contributed by atoms with van der Waals surface area (Å²) in [6.45, 7) is 12.8. The molecule has 0 nitrogen and oxygen atoms in total. The predicted octanol–water partition coefficient (Wildman–Crippen LogP) is -1.04. The van der Waals surface area contributed by atoms with Crippen LogP contribution in [0.2, 0.25) is 0 Å². The zero-order valence-electron chi connectivity index (χ0n) is 12.7. The SMILES string of the molecule is CC1=[C-]C(C)=C(C)C1.CC1=[C-]C(C)=C(C)C1.[Br-].[Br-].[Zr+4]. The average Bonchev–Trinajstić information content (AvgIpc) is 2.58. The fourth-order valence-electron chi connectivity index (χ4n) is 2.00. The summed E-state index contributed by atoms with van der Waals surface area (Å²) in [6.07, 6.45) is 8.81. The number of allylic oxidation sites excluding steroid dienone is 8. The Labute approximate surface area is 159 Å². The molecule has 0 bridgehead atoms. The van der Waals surface area contributed by atoms with Gasteiger partial charge >= 0.3 is 26.2 Å². The fraction of sp³-hybridized carbons (Fsp3) is 0.500. The van der Waals surface area contributed by atoms with Gasteiger partial charge in [-0.3, -0.25) is 0 Å². The van der Waals surface area contributed by atoms with Crippen molar-refractivity contribution in [2.45, 2.75) is 54.4 Å². The third-order valence-corrected chi connectivity index (χ3v) is 3.14. The maximum Gasteiger partial charge on any atom is 4.00 e. The largest absolute Gasteiger partial charge is 4.00 e. The van der Waals surface area contributed by atoms with Crippen molar-refractivity contribution in [3.63, 3.8) is 0 Å². The molecule has 0 fully saturated rings. The zero-order chi connectivity index (χ0) is 12.3. The molecule has 0 radical (unpaired) electrons. The summed E-state index contributed by atoms with van der Waals surface area (Å²) in [4.78, 5) is 0. The average molecular weight is 465 g/mol. The van der Waals surface area contributed by atoms with Gasteiger partial charge in [0.2, 0.25) is 0 Å². The Kier molecular flexibility index (Phi) is 15.0. The second kappa shape index (κ2) is 11.5. The van der Waals surface area contributed by atoms with E-state index in [4.69, 9.17) is 0 Å². The van der Waals surface area contributed by atoms with Gasteiger partial charge < -0.3 is 34.0 Å². The molecule has 0 aromatic heterocycles. The fourth-order valence-corrected chi connectivity index (χ4v) is 2.00. The summed E-state index contributed by atoms with van der Waals surface area (Å²) in [5.41, 5.74) is 8.37. The molecule has 2 rings (SSSR count). The molecule has 0 N–H and O–H groups in total. The number of halogens is 2. The normalized spacial score (nSPS) is 16.5. The van der Waals surface area contributed by atoms with Crippen LogP contribution in [0.3, 0.4) is 0 Å². The van der Waals surface area contributed by atoms with Gasteiger partial charge in [0.1, 0.15) is 0 Å². The van der Waals surface area contributed by atoms with Gasteiger partial charge in [-0.25, -0.2) is 34.4 Å². The number of rotatable bonds is 0. The van der Waals surface area contributed by atoms with E-state index in [1.54, 1.807) is 0 Å². The van der Waals surface area contributed by atoms with Gasteiger partial charge in [-0.1, -0.05) is 40.5 Å². The molecule has 2 aliphatic rings. The van der Waals surface area contributed by atoms with E-state index in [1.165, 1.54) is 33.4 Å². The van der Waals surface area contributed by atoms with Gasteiger partial charge in [-0.15, -0.1) is 13.8 Å². The molecular weight excluding hydrogens is 443 g/mol. The van der Waals surface area contributed by atoms with Crippen molar-refractivity contribution in [2.24, 2.45) is 0 Å². The Morgan fingerprint density at radius 2 is 0.895 bits per heavy atom. The van der Waals surface area contributed by atoms with E-state index in [1.807, 2.05) is 0 Å². The van der Waals surface area contributed by atoms with Gasteiger partial charge in [0.15, 0.2) is 0 Å². The Morgan fingerprint density at radius 3 is 0.947 bits per heavy atom. The van der Waals surface area contributed by atoms with Crippen LogP contribution < -0.4 is 34.0 Å². The van der Waals surface area contributed by atoms with E-state index in [9.17, 15) is 0 Å². The van der Waals surface area contributed by atoms with Gasteiger partial charge in [-0.05, 0) is 0 Å². The molecule has 0 spiro atoms. The van der Waals surface area contributed by atoms with Crippen LogP contribution in [-0.4, -0.2) is 0 Å². The summed E-state index contributed by atoms with van der Waals surface area (Å²) >= 11 is 0. The summed E-state index contributed by atoms with van der Waals surface area (Å²) in [6, 6.07) is 0. The summed E-state index contributed by atoms with van der Waals surface area (Å²) in [5.74, 6) is 0. The van der Waals surface area contributed by atoms with Crippen LogP contribution >= 0.6 is 0 Å². The van der Waals surface area contributed by atoms with Crippen molar-refractivity contribution in [3.8, 4) is 0 Å². The molecule has 0 aromatic carbocycles. The van der Waals surface area contributed by atoms with Crippen LogP contribution in [0.15, 0.2) is 33.4 Å². The van der Waals surface area contributed by atoms with E-state index in [0.717, 1.165) is 12.8 Å². The molecule has 19 heavy (non-hydrogen) atoms. The van der Waals surface area contributed by atoms with Gasteiger partial charge in [0.05, 0.1) is 0 Å². The molecular formula is C16H22Br2Zr. The van der Waals surface area contributed by atoms with Crippen LogP contribution in [0.4, 0.5) is 0 Å². The Bertz CT molecular complexity index is 372. The molecule has 3 heteroatoms. The molecule has 0 amide bonds. The molecule has 2 aliphatic carbocycles. The minimum atomic E-state index is 0. The minimum absolute atomic E-state index is 0. The minimum Gasteiger partial charge on any atom is -1.00 e. The monoisotopic (exact) mass is 462 g/mol. The van der Waals surface area contributed by atoms with Crippen LogP contribution in [0.5, 0.6) is 0 Å². The van der Waals surface area contributed by atoms with Crippen LogP contribution in [0.1, 0.15) is 54.4 Å². The summed E-state index contributed by atoms with van der Waals surface area (Å²) in [5, 5.41) is 0. The van der Waals surface area contributed by atoms with Gasteiger partial charge in [-0.2, -0.15) is 11.1 Å². The van der Waals surface area contributed by atoms with Crippen molar-refractivity contribution in [1.82, 2.24) is 0 Å². The van der Waals surface area contributed by atoms with Gasteiger partial charge in [0.25, 0.3) is 0 Å². The topological polar surface area (TPSA) is 0 Å². The maximum atomic E-state index is 3.26. The third-order valence-electron chi connectivity index (χ3n) is 3.14. The first kappa shape index (κ1) is 24.8. The predicted molar refractivity (Wildman–Crippen MR) is 70.8 cm³/mol. The van der Waals surface area contributed by atoms with E-state index < -0.39 is 0 Å². The first-order chi connectivity index (χ1) is 7.40. The number of hydrogen-bond donors (Lipinski definition) is 0. The second-order valence-electron chi connectivity index (χ2n) is 4.97. The van der Waals surface area contributed by atoms with Crippen molar-refractivity contribution >= 4 is 0 Å². The zero-order valence-corrected chi connectivity index (χ0v) is 18.3. The molecule has 0 aliphatic heterocycles. The van der Waals surface area contributed by atoms with E-state index in [2.05, 4.69) is 53.7 Å².